The molecule has 0 aliphatic carbocycles. The van der Waals surface area contributed by atoms with Gasteiger partial charge in [0.25, 0.3) is 0 Å². The summed E-state index contributed by atoms with van der Waals surface area (Å²) in [5.41, 5.74) is 3.16. The normalized spacial score (nSPS) is 25.2. The van der Waals surface area contributed by atoms with E-state index in [1.54, 1.807) is 23.3 Å². The van der Waals surface area contributed by atoms with E-state index < -0.39 is 5.54 Å². The molecule has 0 spiro atoms. The molecular weight excluding hydrogens is 316 g/mol. The molecule has 100 valence electrons. The van der Waals surface area contributed by atoms with Crippen molar-refractivity contribution in [1.82, 2.24) is 15.8 Å². The van der Waals surface area contributed by atoms with Gasteiger partial charge in [-0.05, 0) is 25.1 Å². The van der Waals surface area contributed by atoms with Crippen LogP contribution in [0.3, 0.4) is 0 Å². The summed E-state index contributed by atoms with van der Waals surface area (Å²) in [6, 6.07) is 4.81. The first-order valence-electron chi connectivity index (χ1n) is 5.83. The zero-order valence-electron chi connectivity index (χ0n) is 10.2. The first-order valence-corrected chi connectivity index (χ1v) is 6.62. The Labute approximate surface area is 118 Å². The minimum atomic E-state index is -0.636. The van der Waals surface area contributed by atoms with Crippen LogP contribution in [-0.2, 0) is 5.54 Å². The van der Waals surface area contributed by atoms with Crippen LogP contribution in [0.25, 0.3) is 0 Å². The fourth-order valence-corrected chi connectivity index (χ4v) is 2.72. The number of benzene rings is 1. The molecule has 1 atom stereocenters. The Morgan fingerprint density at radius 1 is 1.32 bits per heavy atom. The smallest absolute Gasteiger partial charge is 0.167 e. The number of allylic oxidation sites excluding steroid dienone is 1. The van der Waals surface area contributed by atoms with Crippen LogP contribution in [0.1, 0.15) is 12.5 Å². The minimum absolute atomic E-state index is 0.289. The SMILES string of the molecule is C[C@@]1(c2cc(Br)ccc2F)CN2NC=C(F)C2=CN1. The fraction of sp³-hybridized carbons (Fsp3) is 0.231. The Kier molecular flexibility index (Phi) is 2.78. The standard InChI is InChI=1S/C13H12BrF2N3/c1-13(9-4-8(14)2-3-10(9)15)7-19-12(6-17-13)11(16)5-18-19/h2-6,17-18H,7H2,1H3/t13-/m0/s1. The number of hydrazine groups is 1. The average Bonchev–Trinajstić information content (AvgIpc) is 2.73. The van der Waals surface area contributed by atoms with Crippen molar-refractivity contribution in [1.29, 1.82) is 0 Å². The molecule has 0 radical (unpaired) electrons. The van der Waals surface area contributed by atoms with E-state index in [0.29, 0.717) is 17.8 Å². The van der Waals surface area contributed by atoms with Crippen molar-refractivity contribution in [3.05, 3.63) is 58.0 Å². The fourth-order valence-electron chi connectivity index (χ4n) is 2.36. The van der Waals surface area contributed by atoms with Crippen molar-refractivity contribution >= 4 is 15.9 Å². The average molecular weight is 328 g/mol. The van der Waals surface area contributed by atoms with Crippen molar-refractivity contribution in [3.8, 4) is 0 Å². The number of hydrogen-bond donors (Lipinski definition) is 2. The molecule has 0 aromatic heterocycles. The van der Waals surface area contributed by atoms with Gasteiger partial charge < -0.3 is 10.7 Å². The molecule has 0 fully saturated rings. The quantitative estimate of drug-likeness (QED) is 0.830. The summed E-state index contributed by atoms with van der Waals surface area (Å²) < 4.78 is 28.2. The van der Waals surface area contributed by atoms with Gasteiger partial charge in [0, 0.05) is 16.2 Å². The Balaban J connectivity index is 1.98. The second kappa shape index (κ2) is 4.23. The maximum absolute atomic E-state index is 14.0. The first kappa shape index (κ1) is 12.5. The third-order valence-electron chi connectivity index (χ3n) is 3.41. The van der Waals surface area contributed by atoms with Gasteiger partial charge >= 0.3 is 0 Å². The van der Waals surface area contributed by atoms with Crippen molar-refractivity contribution in [2.75, 3.05) is 6.54 Å². The molecule has 1 aromatic rings. The van der Waals surface area contributed by atoms with E-state index in [-0.39, 0.29) is 11.6 Å². The van der Waals surface area contributed by atoms with Crippen molar-refractivity contribution in [2.24, 2.45) is 0 Å². The highest BCUT2D eigenvalue weighted by Gasteiger charge is 2.37. The number of fused-ring (bicyclic) bond motifs is 1. The van der Waals surface area contributed by atoms with E-state index in [9.17, 15) is 8.78 Å². The van der Waals surface area contributed by atoms with Gasteiger partial charge in [-0.3, -0.25) is 5.01 Å². The highest BCUT2D eigenvalue weighted by molar-refractivity contribution is 9.10. The van der Waals surface area contributed by atoms with E-state index in [0.717, 1.165) is 4.47 Å². The van der Waals surface area contributed by atoms with E-state index in [4.69, 9.17) is 0 Å². The third kappa shape index (κ3) is 2.00. The van der Waals surface area contributed by atoms with Crippen LogP contribution in [0.15, 0.2) is 46.6 Å². The zero-order valence-corrected chi connectivity index (χ0v) is 11.8. The summed E-state index contributed by atoms with van der Waals surface area (Å²) in [6.07, 6.45) is 2.85. The van der Waals surface area contributed by atoms with Crippen molar-refractivity contribution in [3.63, 3.8) is 0 Å². The first-order chi connectivity index (χ1) is 8.99. The molecule has 1 aromatic carbocycles. The van der Waals surface area contributed by atoms with Crippen molar-refractivity contribution < 1.29 is 8.78 Å². The lowest BCUT2D eigenvalue weighted by molar-refractivity contribution is 0.193. The minimum Gasteiger partial charge on any atom is -0.378 e. The molecule has 2 heterocycles. The molecule has 6 heteroatoms. The molecule has 0 unspecified atom stereocenters. The van der Waals surface area contributed by atoms with Crippen LogP contribution in [0.5, 0.6) is 0 Å². The van der Waals surface area contributed by atoms with Crippen LogP contribution in [0.2, 0.25) is 0 Å². The van der Waals surface area contributed by atoms with Gasteiger partial charge in [0.1, 0.15) is 11.5 Å². The highest BCUT2D eigenvalue weighted by Crippen LogP contribution is 2.33. The predicted molar refractivity (Wildman–Crippen MR) is 71.7 cm³/mol. The lowest BCUT2D eigenvalue weighted by Crippen LogP contribution is -2.52. The molecule has 2 aliphatic rings. The van der Waals surface area contributed by atoms with Crippen LogP contribution >= 0.6 is 15.9 Å². The number of hydrogen-bond acceptors (Lipinski definition) is 3. The van der Waals surface area contributed by atoms with Crippen LogP contribution < -0.4 is 10.7 Å². The molecule has 19 heavy (non-hydrogen) atoms. The van der Waals surface area contributed by atoms with Crippen LogP contribution in [-0.4, -0.2) is 11.6 Å². The third-order valence-corrected chi connectivity index (χ3v) is 3.90. The topological polar surface area (TPSA) is 27.3 Å². The van der Waals surface area contributed by atoms with Crippen LogP contribution in [0, 0.1) is 5.82 Å². The van der Waals surface area contributed by atoms with Gasteiger partial charge in [0.15, 0.2) is 5.83 Å². The molecule has 0 amide bonds. The monoisotopic (exact) mass is 327 g/mol. The molecule has 3 nitrogen and oxygen atoms in total. The maximum atomic E-state index is 14.0. The van der Waals surface area contributed by atoms with E-state index in [1.807, 2.05) is 6.92 Å². The van der Waals surface area contributed by atoms with Crippen LogP contribution in [0.4, 0.5) is 8.78 Å². The molecular formula is C13H12BrF2N3. The molecule has 2 aliphatic heterocycles. The summed E-state index contributed by atoms with van der Waals surface area (Å²) in [6.45, 7) is 2.29. The largest absolute Gasteiger partial charge is 0.378 e. The number of nitrogens with zero attached hydrogens (tertiary/aromatic N) is 1. The predicted octanol–water partition coefficient (Wildman–Crippen LogP) is 2.88. The van der Waals surface area contributed by atoms with E-state index >= 15 is 0 Å². The van der Waals surface area contributed by atoms with Crippen molar-refractivity contribution in [2.45, 2.75) is 12.5 Å². The van der Waals surface area contributed by atoms with Gasteiger partial charge in [0.05, 0.1) is 18.3 Å². The highest BCUT2D eigenvalue weighted by atomic mass is 79.9. The lowest BCUT2D eigenvalue weighted by Gasteiger charge is -2.40. The Morgan fingerprint density at radius 2 is 2.11 bits per heavy atom. The van der Waals surface area contributed by atoms with Gasteiger partial charge in [-0.25, -0.2) is 8.78 Å². The Morgan fingerprint density at radius 3 is 2.89 bits per heavy atom. The number of nitrogens with one attached hydrogen (secondary N) is 2. The summed E-state index contributed by atoms with van der Waals surface area (Å²) >= 11 is 3.34. The van der Waals surface area contributed by atoms with Gasteiger partial charge in [-0.2, -0.15) is 0 Å². The Hall–Kier alpha value is -1.56. The van der Waals surface area contributed by atoms with E-state index in [1.165, 1.54) is 12.3 Å². The number of halogens is 3. The molecule has 3 rings (SSSR count). The van der Waals surface area contributed by atoms with E-state index in [2.05, 4.69) is 26.7 Å². The summed E-state index contributed by atoms with van der Waals surface area (Å²) in [5.74, 6) is -0.619. The second-order valence-electron chi connectivity index (χ2n) is 4.84. The number of rotatable bonds is 1. The van der Waals surface area contributed by atoms with Gasteiger partial charge in [-0.1, -0.05) is 15.9 Å². The summed E-state index contributed by atoms with van der Waals surface area (Å²) in [5, 5.41) is 4.76. The Bertz CT molecular complexity index is 600. The summed E-state index contributed by atoms with van der Waals surface area (Å²) in [4.78, 5) is 0. The zero-order chi connectivity index (χ0) is 13.6. The maximum Gasteiger partial charge on any atom is 0.167 e. The van der Waals surface area contributed by atoms with Gasteiger partial charge in [-0.15, -0.1) is 0 Å². The second-order valence-corrected chi connectivity index (χ2v) is 5.75. The molecule has 0 saturated heterocycles. The van der Waals surface area contributed by atoms with Gasteiger partial charge in [0.2, 0.25) is 0 Å². The molecule has 0 bridgehead atoms. The summed E-state index contributed by atoms with van der Waals surface area (Å²) in [7, 11) is 0. The lowest BCUT2D eigenvalue weighted by atomic mass is 9.90. The molecule has 0 saturated carbocycles. The molecule has 2 N–H and O–H groups in total.